The lowest BCUT2D eigenvalue weighted by atomic mass is 9.78. The van der Waals surface area contributed by atoms with E-state index in [0.717, 1.165) is 12.8 Å². The third-order valence-corrected chi connectivity index (χ3v) is 3.25. The first-order valence-electron chi connectivity index (χ1n) is 6.42. The van der Waals surface area contributed by atoms with Gasteiger partial charge in [-0.05, 0) is 46.0 Å². The van der Waals surface area contributed by atoms with E-state index in [2.05, 4.69) is 0 Å². The lowest BCUT2D eigenvalue weighted by Crippen LogP contribution is -2.44. The molecular formula is C13H23NO4. The monoisotopic (exact) mass is 257 g/mol. The largest absolute Gasteiger partial charge is 0.481 e. The van der Waals surface area contributed by atoms with Gasteiger partial charge in [-0.25, -0.2) is 0 Å². The minimum Gasteiger partial charge on any atom is -0.481 e. The molecule has 1 saturated carbocycles. The number of carboxylic acid groups (broad SMARTS) is 1. The average molecular weight is 257 g/mol. The van der Waals surface area contributed by atoms with Crippen LogP contribution in [0.15, 0.2) is 0 Å². The van der Waals surface area contributed by atoms with Crippen molar-refractivity contribution in [3.63, 3.8) is 0 Å². The van der Waals surface area contributed by atoms with Gasteiger partial charge in [0.2, 0.25) is 0 Å². The van der Waals surface area contributed by atoms with Crippen molar-refractivity contribution in [2.24, 2.45) is 17.6 Å². The average Bonchev–Trinajstić information content (AvgIpc) is 2.26. The SMILES string of the molecule is CC(C)(C)OC(=O)C(N)C1CCCC(C(=O)O)C1. The first-order valence-corrected chi connectivity index (χ1v) is 6.42. The van der Waals surface area contributed by atoms with Crippen LogP contribution in [0.2, 0.25) is 0 Å². The standard InChI is InChI=1S/C13H23NO4/c1-13(2,3)18-12(17)10(14)8-5-4-6-9(7-8)11(15)16/h8-10H,4-7,14H2,1-3H3,(H,15,16). The zero-order chi connectivity index (χ0) is 13.9. The fourth-order valence-corrected chi connectivity index (χ4v) is 2.34. The molecule has 3 unspecified atom stereocenters. The van der Waals surface area contributed by atoms with Gasteiger partial charge in [-0.1, -0.05) is 6.42 Å². The summed E-state index contributed by atoms with van der Waals surface area (Å²) in [5, 5.41) is 9.01. The molecule has 0 heterocycles. The molecule has 0 aromatic carbocycles. The van der Waals surface area contributed by atoms with E-state index in [1.807, 2.05) is 0 Å². The number of ether oxygens (including phenoxy) is 1. The minimum absolute atomic E-state index is 0.0882. The minimum atomic E-state index is -0.795. The molecule has 104 valence electrons. The Balaban J connectivity index is 2.58. The van der Waals surface area contributed by atoms with Gasteiger partial charge in [0.05, 0.1) is 5.92 Å². The number of hydrogen-bond donors (Lipinski definition) is 2. The Bertz CT molecular complexity index is 321. The second kappa shape index (κ2) is 5.69. The Kier molecular flexibility index (Phi) is 4.73. The highest BCUT2D eigenvalue weighted by Crippen LogP contribution is 2.31. The van der Waals surface area contributed by atoms with Gasteiger partial charge < -0.3 is 15.6 Å². The molecule has 0 aromatic rings. The summed E-state index contributed by atoms with van der Waals surface area (Å²) < 4.78 is 5.24. The Morgan fingerprint density at radius 3 is 2.44 bits per heavy atom. The lowest BCUT2D eigenvalue weighted by molar-refractivity contribution is -0.159. The lowest BCUT2D eigenvalue weighted by Gasteiger charge is -2.31. The van der Waals surface area contributed by atoms with E-state index in [-0.39, 0.29) is 11.8 Å². The van der Waals surface area contributed by atoms with E-state index in [1.165, 1.54) is 0 Å². The molecule has 0 saturated heterocycles. The van der Waals surface area contributed by atoms with Gasteiger partial charge >= 0.3 is 11.9 Å². The van der Waals surface area contributed by atoms with Crippen molar-refractivity contribution in [2.45, 2.75) is 58.1 Å². The summed E-state index contributed by atoms with van der Waals surface area (Å²) in [4.78, 5) is 22.8. The van der Waals surface area contributed by atoms with Crippen LogP contribution in [0.3, 0.4) is 0 Å². The summed E-state index contributed by atoms with van der Waals surface area (Å²) >= 11 is 0. The summed E-state index contributed by atoms with van der Waals surface area (Å²) in [5.41, 5.74) is 5.33. The number of carbonyl (C=O) groups excluding carboxylic acids is 1. The van der Waals surface area contributed by atoms with Crippen LogP contribution in [0, 0.1) is 11.8 Å². The van der Waals surface area contributed by atoms with Crippen LogP contribution in [0.5, 0.6) is 0 Å². The Hall–Kier alpha value is -1.10. The van der Waals surface area contributed by atoms with Crippen molar-refractivity contribution in [3.8, 4) is 0 Å². The molecule has 5 heteroatoms. The molecule has 5 nitrogen and oxygen atoms in total. The van der Waals surface area contributed by atoms with Crippen LogP contribution in [0.1, 0.15) is 46.5 Å². The maximum Gasteiger partial charge on any atom is 0.323 e. The molecule has 1 aliphatic rings. The zero-order valence-corrected chi connectivity index (χ0v) is 11.3. The number of rotatable bonds is 3. The normalized spacial score (nSPS) is 26.4. The van der Waals surface area contributed by atoms with E-state index in [9.17, 15) is 9.59 Å². The zero-order valence-electron chi connectivity index (χ0n) is 11.3. The van der Waals surface area contributed by atoms with Gasteiger partial charge in [0, 0.05) is 0 Å². The van der Waals surface area contributed by atoms with E-state index in [0.29, 0.717) is 12.8 Å². The molecule has 0 bridgehead atoms. The predicted molar refractivity (Wildman–Crippen MR) is 66.9 cm³/mol. The molecule has 0 radical (unpaired) electrons. The highest BCUT2D eigenvalue weighted by Gasteiger charge is 2.35. The number of nitrogens with two attached hydrogens (primary N) is 1. The van der Waals surface area contributed by atoms with E-state index in [4.69, 9.17) is 15.6 Å². The maximum absolute atomic E-state index is 11.8. The van der Waals surface area contributed by atoms with E-state index in [1.54, 1.807) is 20.8 Å². The van der Waals surface area contributed by atoms with Gasteiger partial charge in [-0.3, -0.25) is 9.59 Å². The fraction of sp³-hybridized carbons (Fsp3) is 0.846. The molecule has 1 fully saturated rings. The number of hydrogen-bond acceptors (Lipinski definition) is 4. The highest BCUT2D eigenvalue weighted by molar-refractivity contribution is 5.76. The smallest absolute Gasteiger partial charge is 0.323 e. The first kappa shape index (κ1) is 15.0. The van der Waals surface area contributed by atoms with Crippen LogP contribution in [0.4, 0.5) is 0 Å². The first-order chi connectivity index (χ1) is 8.20. The number of carbonyl (C=O) groups is 2. The third-order valence-electron chi connectivity index (χ3n) is 3.25. The van der Waals surface area contributed by atoms with Gasteiger partial charge in [0.25, 0.3) is 0 Å². The van der Waals surface area contributed by atoms with Crippen molar-refractivity contribution in [2.75, 3.05) is 0 Å². The number of aliphatic carboxylic acids is 1. The molecule has 3 atom stereocenters. The van der Waals surface area contributed by atoms with E-state index >= 15 is 0 Å². The molecule has 1 rings (SSSR count). The van der Waals surface area contributed by atoms with Crippen molar-refractivity contribution in [1.82, 2.24) is 0 Å². The van der Waals surface area contributed by atoms with Crippen molar-refractivity contribution < 1.29 is 19.4 Å². The molecular weight excluding hydrogens is 234 g/mol. The molecule has 3 N–H and O–H groups in total. The third kappa shape index (κ3) is 4.29. The number of carboxylic acids is 1. The van der Waals surface area contributed by atoms with Gasteiger partial charge in [0.1, 0.15) is 11.6 Å². The van der Waals surface area contributed by atoms with Crippen LogP contribution >= 0.6 is 0 Å². The maximum atomic E-state index is 11.8. The Labute approximate surface area is 108 Å². The van der Waals surface area contributed by atoms with Gasteiger partial charge in [0.15, 0.2) is 0 Å². The van der Waals surface area contributed by atoms with Crippen LogP contribution in [-0.4, -0.2) is 28.7 Å². The van der Waals surface area contributed by atoms with Crippen LogP contribution < -0.4 is 5.73 Å². The van der Waals surface area contributed by atoms with Crippen molar-refractivity contribution >= 4 is 11.9 Å². The Morgan fingerprint density at radius 2 is 1.94 bits per heavy atom. The second-order valence-electron chi connectivity index (χ2n) is 6.02. The Morgan fingerprint density at radius 1 is 1.33 bits per heavy atom. The highest BCUT2D eigenvalue weighted by atomic mass is 16.6. The molecule has 0 aliphatic heterocycles. The fourth-order valence-electron chi connectivity index (χ4n) is 2.34. The van der Waals surface area contributed by atoms with E-state index < -0.39 is 23.6 Å². The topological polar surface area (TPSA) is 89.6 Å². The van der Waals surface area contributed by atoms with Crippen LogP contribution in [-0.2, 0) is 14.3 Å². The summed E-state index contributed by atoms with van der Waals surface area (Å²) in [7, 11) is 0. The molecule has 1 aliphatic carbocycles. The summed E-state index contributed by atoms with van der Waals surface area (Å²) in [5.74, 6) is -1.69. The summed E-state index contributed by atoms with van der Waals surface area (Å²) in [6.07, 6.45) is 2.74. The predicted octanol–water partition coefficient (Wildman–Crippen LogP) is 1.55. The van der Waals surface area contributed by atoms with Crippen LogP contribution in [0.25, 0.3) is 0 Å². The molecule has 18 heavy (non-hydrogen) atoms. The second-order valence-corrected chi connectivity index (χ2v) is 6.02. The molecule has 0 spiro atoms. The summed E-state index contributed by atoms with van der Waals surface area (Å²) in [6, 6.07) is -0.716. The van der Waals surface area contributed by atoms with Gasteiger partial charge in [-0.2, -0.15) is 0 Å². The van der Waals surface area contributed by atoms with Crippen molar-refractivity contribution in [3.05, 3.63) is 0 Å². The molecule has 0 aromatic heterocycles. The number of esters is 1. The van der Waals surface area contributed by atoms with Gasteiger partial charge in [-0.15, -0.1) is 0 Å². The molecule has 0 amide bonds. The summed E-state index contributed by atoms with van der Waals surface area (Å²) in [6.45, 7) is 5.37. The quantitative estimate of drug-likeness (QED) is 0.749. The van der Waals surface area contributed by atoms with Crippen molar-refractivity contribution in [1.29, 1.82) is 0 Å².